The lowest BCUT2D eigenvalue weighted by Gasteiger charge is -2.17. The first-order valence-electron chi connectivity index (χ1n) is 10.8. The molecule has 1 fully saturated rings. The molecule has 8 N–H and O–H groups in total. The molecule has 2 aromatic carbocycles. The van der Waals surface area contributed by atoms with Crippen LogP contribution in [-0.2, 0) is 19.9 Å². The quantitative estimate of drug-likeness (QED) is 0.175. The number of aliphatic hydroxyl groups excluding tert-OH is 1. The van der Waals surface area contributed by atoms with Crippen LogP contribution < -0.4 is 16.2 Å². The highest BCUT2D eigenvalue weighted by atomic mass is 32.2. The maximum absolute atomic E-state index is 13.5. The zero-order chi connectivity index (χ0) is 25.7. The van der Waals surface area contributed by atoms with Gasteiger partial charge >= 0.3 is 0 Å². The van der Waals surface area contributed by atoms with E-state index in [4.69, 9.17) is 10.9 Å². The maximum Gasteiger partial charge on any atom is 0.240 e. The molecule has 2 aromatic heterocycles. The van der Waals surface area contributed by atoms with Gasteiger partial charge in [-0.05, 0) is 41.8 Å². The van der Waals surface area contributed by atoms with Crippen LogP contribution >= 0.6 is 0 Å². The first-order chi connectivity index (χ1) is 17.1. The van der Waals surface area contributed by atoms with E-state index in [0.717, 1.165) is 0 Å². The van der Waals surface area contributed by atoms with Crippen molar-refractivity contribution in [3.8, 4) is 22.5 Å². The number of imidazole rings is 1. The topological polar surface area (TPSA) is 236 Å². The van der Waals surface area contributed by atoms with E-state index in [9.17, 15) is 21.9 Å². The maximum atomic E-state index is 13.5. The Balaban J connectivity index is 1.76. The number of rotatable bonds is 7. The number of sulfonamides is 1. The first kappa shape index (κ1) is 24.3. The fourth-order valence-corrected chi connectivity index (χ4v) is 7.92. The highest BCUT2D eigenvalue weighted by molar-refractivity contribution is 7.93. The van der Waals surface area contributed by atoms with Gasteiger partial charge in [0.15, 0.2) is 15.8 Å². The SMILES string of the molecule is Nc1nc2c(-c3ccc(S(=O)(=O)C[C@H]4CN[C@@H](CO)C4)c(S(N)(=O)=O)c3-c3nn[nH]n3)cccc2[nH]1. The molecule has 0 radical (unpaired) electrons. The molecule has 0 amide bonds. The average Bonchev–Trinajstić information content (AvgIpc) is 3.57. The van der Waals surface area contributed by atoms with E-state index in [0.29, 0.717) is 29.6 Å². The van der Waals surface area contributed by atoms with Gasteiger partial charge in [0.25, 0.3) is 0 Å². The molecular formula is C20H23N9O5S2. The fourth-order valence-electron chi connectivity index (χ4n) is 4.64. The van der Waals surface area contributed by atoms with Crippen LogP contribution in [0.25, 0.3) is 33.5 Å². The molecule has 1 aliphatic rings. The standard InChI is InChI=1S/C20H23N9O5S2/c21-20-24-14-3-1-2-13(17(14)25-20)12-4-5-15(35(31,32)9-10-6-11(8-30)23-7-10)18(36(22,33)34)16(12)19-26-28-29-27-19/h1-5,10-11,23,30H,6-9H2,(H3,21,24,25)(H2,22,33,34)(H,26,27,28,29)/t10-,11-/m1/s1. The number of sulfone groups is 1. The van der Waals surface area contributed by atoms with Gasteiger partial charge in [-0.15, -0.1) is 10.2 Å². The van der Waals surface area contributed by atoms with E-state index < -0.39 is 29.7 Å². The number of benzene rings is 2. The van der Waals surface area contributed by atoms with E-state index >= 15 is 0 Å². The van der Waals surface area contributed by atoms with Gasteiger partial charge in [0.05, 0.1) is 33.9 Å². The van der Waals surface area contributed by atoms with E-state index in [2.05, 4.69) is 35.9 Å². The summed E-state index contributed by atoms with van der Waals surface area (Å²) < 4.78 is 52.9. The average molecular weight is 534 g/mol. The van der Waals surface area contributed by atoms with Crippen molar-refractivity contribution < 1.29 is 21.9 Å². The van der Waals surface area contributed by atoms with Crippen molar-refractivity contribution in [2.45, 2.75) is 22.3 Å². The van der Waals surface area contributed by atoms with Crippen molar-refractivity contribution in [1.82, 2.24) is 35.9 Å². The molecule has 1 aliphatic heterocycles. The number of tetrazole rings is 1. The summed E-state index contributed by atoms with van der Waals surface area (Å²) in [6.07, 6.45) is 0.429. The number of hydrogen-bond donors (Lipinski definition) is 6. The second-order valence-electron chi connectivity index (χ2n) is 8.59. The Morgan fingerprint density at radius 1 is 1.11 bits per heavy atom. The van der Waals surface area contributed by atoms with E-state index in [1.165, 1.54) is 12.1 Å². The van der Waals surface area contributed by atoms with E-state index in [-0.39, 0.29) is 47.2 Å². The third-order valence-electron chi connectivity index (χ3n) is 6.12. The third kappa shape index (κ3) is 4.33. The number of nitrogens with two attached hydrogens (primary N) is 2. The second kappa shape index (κ2) is 8.90. The Morgan fingerprint density at radius 2 is 1.92 bits per heavy atom. The lowest BCUT2D eigenvalue weighted by molar-refractivity contribution is 0.253. The van der Waals surface area contributed by atoms with Gasteiger partial charge in [-0.2, -0.15) is 5.21 Å². The number of fused-ring (bicyclic) bond motifs is 1. The van der Waals surface area contributed by atoms with Crippen LogP contribution in [0.2, 0.25) is 0 Å². The van der Waals surface area contributed by atoms with Crippen LogP contribution in [0.5, 0.6) is 0 Å². The summed E-state index contributed by atoms with van der Waals surface area (Å²) in [7, 11) is -8.76. The van der Waals surface area contributed by atoms with Crippen LogP contribution in [0.4, 0.5) is 5.95 Å². The van der Waals surface area contributed by atoms with Gasteiger partial charge in [-0.3, -0.25) is 0 Å². The number of aliphatic hydroxyl groups is 1. The molecule has 2 atom stereocenters. The molecule has 3 heterocycles. The van der Waals surface area contributed by atoms with E-state index in [1.807, 2.05) is 0 Å². The zero-order valence-corrected chi connectivity index (χ0v) is 20.3. The number of hydrogen-bond acceptors (Lipinski definition) is 11. The number of aromatic nitrogens is 6. The summed E-state index contributed by atoms with van der Waals surface area (Å²) in [5, 5.41) is 31.7. The smallest absolute Gasteiger partial charge is 0.240 e. The largest absolute Gasteiger partial charge is 0.395 e. The minimum Gasteiger partial charge on any atom is -0.395 e. The number of nitrogens with one attached hydrogen (secondary N) is 3. The monoisotopic (exact) mass is 533 g/mol. The van der Waals surface area contributed by atoms with Crippen LogP contribution in [0.3, 0.4) is 0 Å². The Kier molecular flexibility index (Phi) is 6.00. The second-order valence-corrected chi connectivity index (χ2v) is 12.1. The molecule has 4 aromatic rings. The molecule has 1 saturated heterocycles. The molecule has 0 unspecified atom stereocenters. The number of nitrogen functional groups attached to an aromatic ring is 1. The van der Waals surface area contributed by atoms with Crippen molar-refractivity contribution in [1.29, 1.82) is 0 Å². The van der Waals surface area contributed by atoms with Gasteiger partial charge < -0.3 is 21.1 Å². The van der Waals surface area contributed by atoms with Gasteiger partial charge in [-0.1, -0.05) is 18.2 Å². The lowest BCUT2D eigenvalue weighted by Crippen LogP contribution is -2.25. The Morgan fingerprint density at radius 3 is 2.58 bits per heavy atom. The minimum atomic E-state index is -4.61. The van der Waals surface area contributed by atoms with Gasteiger partial charge in [0.2, 0.25) is 15.8 Å². The van der Waals surface area contributed by atoms with Gasteiger partial charge in [0.1, 0.15) is 4.90 Å². The Bertz CT molecular complexity index is 1650. The number of primary sulfonamides is 1. The summed E-state index contributed by atoms with van der Waals surface area (Å²) in [5.74, 6) is -0.671. The number of nitrogens with zero attached hydrogens (tertiary/aromatic N) is 4. The highest BCUT2D eigenvalue weighted by Gasteiger charge is 2.35. The predicted octanol–water partition coefficient (Wildman–Crippen LogP) is -0.616. The van der Waals surface area contributed by atoms with Gasteiger partial charge in [-0.25, -0.2) is 27.0 Å². The number of anilines is 1. The van der Waals surface area contributed by atoms with E-state index in [1.54, 1.807) is 18.2 Å². The molecule has 36 heavy (non-hydrogen) atoms. The van der Waals surface area contributed by atoms with Crippen LogP contribution in [-0.4, -0.2) is 77.5 Å². The molecule has 0 spiro atoms. The number of para-hydroxylation sites is 1. The summed E-state index contributed by atoms with van der Waals surface area (Å²) in [5.41, 5.74) is 7.46. The Hall–Kier alpha value is -3.44. The number of aromatic amines is 2. The van der Waals surface area contributed by atoms with Crippen molar-refractivity contribution in [3.63, 3.8) is 0 Å². The normalized spacial score (nSPS) is 18.7. The summed E-state index contributed by atoms with van der Waals surface area (Å²) in [4.78, 5) is 6.10. The van der Waals surface area contributed by atoms with Crippen LogP contribution in [0.15, 0.2) is 40.1 Å². The summed E-state index contributed by atoms with van der Waals surface area (Å²) in [6.45, 7) is 0.242. The molecule has 0 aliphatic carbocycles. The Labute approximate surface area is 205 Å². The number of H-pyrrole nitrogens is 2. The summed E-state index contributed by atoms with van der Waals surface area (Å²) in [6, 6.07) is 7.60. The third-order valence-corrected chi connectivity index (χ3v) is 9.16. The predicted molar refractivity (Wildman–Crippen MR) is 130 cm³/mol. The van der Waals surface area contributed by atoms with Crippen molar-refractivity contribution in [3.05, 3.63) is 30.3 Å². The van der Waals surface area contributed by atoms with Gasteiger partial charge in [0, 0.05) is 11.6 Å². The molecule has 0 saturated carbocycles. The minimum absolute atomic E-state index is 0.126. The van der Waals surface area contributed by atoms with Crippen molar-refractivity contribution >= 4 is 36.8 Å². The molecule has 190 valence electrons. The summed E-state index contributed by atoms with van der Waals surface area (Å²) >= 11 is 0. The molecular weight excluding hydrogens is 510 g/mol. The van der Waals surface area contributed by atoms with Crippen molar-refractivity contribution in [2.75, 3.05) is 24.6 Å². The van der Waals surface area contributed by atoms with Crippen molar-refractivity contribution in [2.24, 2.45) is 11.1 Å². The fraction of sp³-hybridized carbons (Fsp3) is 0.300. The highest BCUT2D eigenvalue weighted by Crippen LogP contribution is 2.41. The molecule has 14 nitrogen and oxygen atoms in total. The van der Waals surface area contributed by atoms with Crippen LogP contribution in [0.1, 0.15) is 6.42 Å². The zero-order valence-electron chi connectivity index (χ0n) is 18.7. The lowest BCUT2D eigenvalue weighted by atomic mass is 9.98. The molecule has 16 heteroatoms. The van der Waals surface area contributed by atoms with Crippen LogP contribution in [0, 0.1) is 5.92 Å². The molecule has 0 bridgehead atoms. The first-order valence-corrected chi connectivity index (χ1v) is 14.0. The molecule has 5 rings (SSSR count).